The zero-order valence-corrected chi connectivity index (χ0v) is 17.7. The molecule has 0 unspecified atom stereocenters. The first-order chi connectivity index (χ1) is 12.1. The van der Waals surface area contributed by atoms with Gasteiger partial charge in [0.2, 0.25) is 0 Å². The molecule has 0 fully saturated rings. The van der Waals surface area contributed by atoms with Crippen molar-refractivity contribution in [2.24, 2.45) is 7.05 Å². The van der Waals surface area contributed by atoms with Crippen molar-refractivity contribution < 1.29 is 61.3 Å². The van der Waals surface area contributed by atoms with Crippen molar-refractivity contribution in [2.75, 3.05) is 0 Å². The van der Waals surface area contributed by atoms with E-state index in [0.717, 1.165) is 22.5 Å². The number of nitrogens with zero attached hydrogens (tertiary/aromatic N) is 7. The maximum absolute atomic E-state index is 11.0. The molecule has 0 aliphatic heterocycles. The Morgan fingerprint density at radius 1 is 1.23 bits per heavy atom. The van der Waals surface area contributed by atoms with Gasteiger partial charge in [-0.05, 0) is 6.07 Å². The van der Waals surface area contributed by atoms with E-state index >= 15 is 0 Å². The Morgan fingerprint density at radius 3 is 2.65 bits per heavy atom. The number of fused-ring (bicyclic) bond motifs is 1. The second-order valence-electron chi connectivity index (χ2n) is 5.21. The molecule has 26 heavy (non-hydrogen) atoms. The van der Waals surface area contributed by atoms with Crippen LogP contribution in [0.5, 0.6) is 0 Å². The van der Waals surface area contributed by atoms with E-state index in [1.807, 2.05) is 19.3 Å². The van der Waals surface area contributed by atoms with E-state index in [4.69, 9.17) is 0 Å². The van der Waals surface area contributed by atoms with Gasteiger partial charge in [0.25, 0.3) is 0 Å². The predicted molar refractivity (Wildman–Crippen MR) is 85.3 cm³/mol. The third-order valence-electron chi connectivity index (χ3n) is 3.60. The normalized spacial score (nSPS) is 10.5. The number of aryl methyl sites for hydroxylation is 1. The van der Waals surface area contributed by atoms with Crippen LogP contribution in [-0.4, -0.2) is 35.6 Å². The van der Waals surface area contributed by atoms with Crippen LogP contribution in [-0.2, 0) is 7.05 Å². The molecule has 9 nitrogen and oxygen atoms in total. The maximum atomic E-state index is 11.0. The second kappa shape index (κ2) is 7.35. The van der Waals surface area contributed by atoms with Gasteiger partial charge in [-0.2, -0.15) is 15.5 Å². The second-order valence-corrected chi connectivity index (χ2v) is 6.19. The number of aromatic nitrogens is 6. The quantitative estimate of drug-likeness (QED) is 0.354. The van der Waals surface area contributed by atoms with Crippen LogP contribution in [0.1, 0.15) is 15.4 Å². The van der Waals surface area contributed by atoms with Gasteiger partial charge in [-0.25, -0.2) is 4.52 Å². The van der Waals surface area contributed by atoms with Crippen molar-refractivity contribution in [3.8, 4) is 27.8 Å². The van der Waals surface area contributed by atoms with Gasteiger partial charge < -0.3 is 9.90 Å². The van der Waals surface area contributed by atoms with Gasteiger partial charge in [-0.15, -0.1) is 10.2 Å². The molecule has 122 valence electrons. The molecule has 4 heterocycles. The van der Waals surface area contributed by atoms with Crippen LogP contribution < -0.4 is 56.5 Å². The van der Waals surface area contributed by atoms with E-state index in [-0.39, 0.29) is 56.4 Å². The molecule has 11 heteroatoms. The molecule has 0 bridgehead atoms. The van der Waals surface area contributed by atoms with Gasteiger partial charge in [-0.3, -0.25) is 4.68 Å². The van der Waals surface area contributed by atoms with Crippen molar-refractivity contribution in [3.05, 3.63) is 41.4 Å². The standard InChI is InChI=1S/C15H9N7O2S.K/c1-21-6-10(5-17-21)8-2-11(13-19-20-14(25-13)15(23)24)12-9(3-16)4-18-22(12)7-8;/h2,4-7H,1H3,(H,23,24);/q;+1/p-1. The minimum atomic E-state index is -1.39. The van der Waals surface area contributed by atoms with Crippen LogP contribution in [0.4, 0.5) is 0 Å². The number of rotatable bonds is 3. The Balaban J connectivity index is 0.00000196. The summed E-state index contributed by atoms with van der Waals surface area (Å²) in [4.78, 5) is 11.0. The van der Waals surface area contributed by atoms with Gasteiger partial charge in [0.1, 0.15) is 17.0 Å². The van der Waals surface area contributed by atoms with Crippen molar-refractivity contribution in [2.45, 2.75) is 0 Å². The molecule has 0 aliphatic rings. The Morgan fingerprint density at radius 2 is 2.04 bits per heavy atom. The number of carboxylic acid groups (broad SMARTS) is 1. The summed E-state index contributed by atoms with van der Waals surface area (Å²) in [5.41, 5.74) is 3.12. The minimum absolute atomic E-state index is 0. The monoisotopic (exact) mass is 389 g/mol. The Hall–Kier alpha value is -1.94. The van der Waals surface area contributed by atoms with Gasteiger partial charge in [0, 0.05) is 36.1 Å². The maximum Gasteiger partial charge on any atom is 1.00 e. The van der Waals surface area contributed by atoms with E-state index < -0.39 is 5.97 Å². The largest absolute Gasteiger partial charge is 1.00 e. The van der Waals surface area contributed by atoms with E-state index in [0.29, 0.717) is 21.7 Å². The number of carbonyl (C=O) groups is 1. The van der Waals surface area contributed by atoms with Crippen LogP contribution in [0.25, 0.3) is 27.2 Å². The molecule has 0 saturated heterocycles. The van der Waals surface area contributed by atoms with Crippen LogP contribution in [0.15, 0.2) is 30.9 Å². The Kier molecular flexibility index (Phi) is 5.33. The Bertz CT molecular complexity index is 1170. The van der Waals surface area contributed by atoms with Crippen LogP contribution in [0, 0.1) is 11.3 Å². The van der Waals surface area contributed by atoms with Gasteiger partial charge >= 0.3 is 51.4 Å². The van der Waals surface area contributed by atoms with Crippen molar-refractivity contribution >= 4 is 22.8 Å². The summed E-state index contributed by atoms with van der Waals surface area (Å²) in [5.74, 6) is -1.39. The summed E-state index contributed by atoms with van der Waals surface area (Å²) in [6, 6.07) is 3.89. The van der Waals surface area contributed by atoms with Gasteiger partial charge in [-0.1, -0.05) is 11.3 Å². The summed E-state index contributed by atoms with van der Waals surface area (Å²) in [5, 5.41) is 36.4. The number of carbonyl (C=O) groups excluding carboxylic acids is 1. The molecule has 0 N–H and O–H groups in total. The molecule has 4 rings (SSSR count). The molecule has 0 saturated carbocycles. The molecular weight excluding hydrogens is 381 g/mol. The zero-order chi connectivity index (χ0) is 17.6. The molecular formula is C15H8KN7O2S. The molecule has 0 aromatic carbocycles. The molecule has 4 aromatic rings. The summed E-state index contributed by atoms with van der Waals surface area (Å²) in [7, 11) is 1.81. The third-order valence-corrected chi connectivity index (χ3v) is 4.54. The minimum Gasteiger partial charge on any atom is -0.542 e. The number of carboxylic acids is 1. The van der Waals surface area contributed by atoms with Gasteiger partial charge in [0.05, 0.1) is 23.5 Å². The first kappa shape index (κ1) is 18.8. The molecule has 0 radical (unpaired) electrons. The fraction of sp³-hybridized carbons (Fsp3) is 0.0667. The van der Waals surface area contributed by atoms with E-state index in [1.54, 1.807) is 21.6 Å². The average Bonchev–Trinajstić information content (AvgIpc) is 3.32. The van der Waals surface area contributed by atoms with E-state index in [2.05, 4.69) is 26.5 Å². The third kappa shape index (κ3) is 3.23. The van der Waals surface area contributed by atoms with Crippen LogP contribution in [0.2, 0.25) is 0 Å². The number of hydrogen-bond donors (Lipinski definition) is 0. The number of hydrogen-bond acceptors (Lipinski definition) is 8. The van der Waals surface area contributed by atoms with Crippen molar-refractivity contribution in [3.63, 3.8) is 0 Å². The smallest absolute Gasteiger partial charge is 0.542 e. The van der Waals surface area contributed by atoms with Gasteiger partial charge in [0.15, 0.2) is 5.01 Å². The SMILES string of the molecule is Cn1cc(-c2cc(-c3nnc(C(=O)[O-])s3)c3c(C#N)cnn3c2)cn1.[K+]. The van der Waals surface area contributed by atoms with E-state index in [1.165, 1.54) is 6.20 Å². The molecule has 0 spiro atoms. The molecule has 0 atom stereocenters. The summed E-state index contributed by atoms with van der Waals surface area (Å²) in [6.07, 6.45) is 6.77. The fourth-order valence-electron chi connectivity index (χ4n) is 2.51. The average molecular weight is 389 g/mol. The first-order valence-corrected chi connectivity index (χ1v) is 7.84. The zero-order valence-electron chi connectivity index (χ0n) is 13.7. The molecule has 0 amide bonds. The summed E-state index contributed by atoms with van der Waals surface area (Å²) < 4.78 is 3.23. The predicted octanol–water partition coefficient (Wildman–Crippen LogP) is -2.51. The number of pyridine rings is 1. The first-order valence-electron chi connectivity index (χ1n) is 7.02. The van der Waals surface area contributed by atoms with E-state index in [9.17, 15) is 15.2 Å². The van der Waals surface area contributed by atoms with Crippen molar-refractivity contribution in [1.82, 2.24) is 29.6 Å². The topological polar surface area (TPSA) is 125 Å². The van der Waals surface area contributed by atoms with Crippen molar-refractivity contribution in [1.29, 1.82) is 5.26 Å². The number of aromatic carboxylic acids is 1. The molecule has 4 aromatic heterocycles. The fourth-order valence-corrected chi connectivity index (χ4v) is 3.20. The summed E-state index contributed by atoms with van der Waals surface area (Å²) >= 11 is 0.885. The Labute approximate surface area is 193 Å². The van der Waals surface area contributed by atoms with Crippen LogP contribution in [0.3, 0.4) is 0 Å². The summed E-state index contributed by atoms with van der Waals surface area (Å²) in [6.45, 7) is 0. The molecule has 0 aliphatic carbocycles. The number of nitriles is 1. The van der Waals surface area contributed by atoms with Crippen LogP contribution >= 0.6 is 11.3 Å².